The molecule has 4 heterocycles. The summed E-state index contributed by atoms with van der Waals surface area (Å²) in [6.45, 7) is 4.04. The van der Waals surface area contributed by atoms with Crippen LogP contribution in [0.3, 0.4) is 0 Å². The largest absolute Gasteiger partial charge is 0.394 e. The average molecular weight is 414 g/mol. The van der Waals surface area contributed by atoms with Crippen molar-refractivity contribution in [1.29, 1.82) is 0 Å². The number of likely N-dealkylation sites (tertiary alicyclic amines) is 1. The third kappa shape index (κ3) is 3.73. The second-order valence-electron chi connectivity index (χ2n) is 8.24. The molecule has 1 saturated heterocycles. The first-order valence-corrected chi connectivity index (χ1v) is 10.9. The number of nitrogens with zero attached hydrogens (tertiary/aromatic N) is 5. The van der Waals surface area contributed by atoms with Crippen molar-refractivity contribution in [1.82, 2.24) is 24.5 Å². The van der Waals surface area contributed by atoms with Gasteiger partial charge in [0.2, 0.25) is 0 Å². The molecule has 1 N–H and O–H groups in total. The van der Waals surface area contributed by atoms with E-state index in [0.717, 1.165) is 48.4 Å². The standard InChI is InChI=1S/C25H27N5O/c1-18-24(20-9-12-26-13-10-20)25-27-14-11-22(30(25)28-18)21-8-5-15-29(16-21)23(17-31)19-6-3-2-4-7-19/h2-4,6-7,9-14,21,23,31H,5,8,15-17H2,1H3/t21-,23?/m0/s1. The minimum absolute atomic E-state index is 0.0214. The van der Waals surface area contributed by atoms with E-state index in [4.69, 9.17) is 5.10 Å². The lowest BCUT2D eigenvalue weighted by atomic mass is 9.92. The summed E-state index contributed by atoms with van der Waals surface area (Å²) in [5, 5.41) is 15.0. The van der Waals surface area contributed by atoms with E-state index in [0.29, 0.717) is 5.92 Å². The van der Waals surface area contributed by atoms with Gasteiger partial charge in [0.25, 0.3) is 0 Å². The number of aromatic nitrogens is 4. The van der Waals surface area contributed by atoms with Crippen molar-refractivity contribution >= 4 is 5.65 Å². The Kier molecular flexibility index (Phi) is 5.49. The van der Waals surface area contributed by atoms with Gasteiger partial charge < -0.3 is 5.11 Å². The van der Waals surface area contributed by atoms with Crippen LogP contribution in [0.2, 0.25) is 0 Å². The fraction of sp³-hybridized carbons (Fsp3) is 0.320. The molecule has 0 aliphatic carbocycles. The van der Waals surface area contributed by atoms with Crippen LogP contribution in [0.1, 0.15) is 41.8 Å². The number of fused-ring (bicyclic) bond motifs is 1. The summed E-state index contributed by atoms with van der Waals surface area (Å²) in [6.07, 6.45) is 7.71. The normalized spacial score (nSPS) is 18.3. The van der Waals surface area contributed by atoms with E-state index in [1.807, 2.05) is 48.0 Å². The van der Waals surface area contributed by atoms with Crippen molar-refractivity contribution in [2.24, 2.45) is 0 Å². The van der Waals surface area contributed by atoms with Crippen LogP contribution in [0.5, 0.6) is 0 Å². The molecular formula is C25H27N5O. The van der Waals surface area contributed by atoms with Crippen LogP contribution in [0.4, 0.5) is 0 Å². The number of rotatable bonds is 5. The predicted octanol–water partition coefficient (Wildman–Crippen LogP) is 4.01. The molecule has 1 fully saturated rings. The fourth-order valence-corrected chi connectivity index (χ4v) is 4.87. The molecule has 5 rings (SSSR count). The Morgan fingerprint density at radius 2 is 1.87 bits per heavy atom. The smallest absolute Gasteiger partial charge is 0.163 e. The van der Waals surface area contributed by atoms with Gasteiger partial charge in [-0.05, 0) is 55.6 Å². The van der Waals surface area contributed by atoms with E-state index >= 15 is 0 Å². The molecule has 6 heteroatoms. The maximum absolute atomic E-state index is 10.2. The molecule has 3 aromatic heterocycles. The van der Waals surface area contributed by atoms with Crippen LogP contribution in [0.15, 0.2) is 67.1 Å². The van der Waals surface area contributed by atoms with Gasteiger partial charge in [0.1, 0.15) is 0 Å². The van der Waals surface area contributed by atoms with Crippen molar-refractivity contribution < 1.29 is 5.11 Å². The summed E-state index contributed by atoms with van der Waals surface area (Å²) >= 11 is 0. The lowest BCUT2D eigenvalue weighted by molar-refractivity contribution is 0.0942. The Labute approximate surface area is 182 Å². The Bertz CT molecular complexity index is 1160. The van der Waals surface area contributed by atoms with E-state index in [1.54, 1.807) is 12.4 Å². The van der Waals surface area contributed by atoms with E-state index in [2.05, 4.69) is 33.1 Å². The minimum Gasteiger partial charge on any atom is -0.394 e. The third-order valence-electron chi connectivity index (χ3n) is 6.36. The van der Waals surface area contributed by atoms with Crippen molar-refractivity contribution in [3.63, 3.8) is 0 Å². The zero-order valence-electron chi connectivity index (χ0n) is 17.7. The molecule has 0 spiro atoms. The quantitative estimate of drug-likeness (QED) is 0.535. The zero-order valence-corrected chi connectivity index (χ0v) is 17.7. The first-order chi connectivity index (χ1) is 15.3. The monoisotopic (exact) mass is 413 g/mol. The highest BCUT2D eigenvalue weighted by Crippen LogP contribution is 2.34. The minimum atomic E-state index is 0.0214. The first-order valence-electron chi connectivity index (χ1n) is 10.9. The number of benzene rings is 1. The molecule has 0 amide bonds. The summed E-state index contributed by atoms with van der Waals surface area (Å²) in [5.74, 6) is 0.335. The maximum atomic E-state index is 10.2. The Hall–Kier alpha value is -3.09. The van der Waals surface area contributed by atoms with E-state index in [9.17, 15) is 5.11 Å². The second kappa shape index (κ2) is 8.57. The number of aliphatic hydroxyl groups excluding tert-OH is 1. The highest BCUT2D eigenvalue weighted by molar-refractivity contribution is 5.79. The highest BCUT2D eigenvalue weighted by atomic mass is 16.3. The fourth-order valence-electron chi connectivity index (χ4n) is 4.87. The van der Waals surface area contributed by atoms with Crippen molar-refractivity contribution in [2.45, 2.75) is 31.7 Å². The number of hydrogen-bond acceptors (Lipinski definition) is 5. The molecule has 31 heavy (non-hydrogen) atoms. The number of aliphatic hydroxyl groups is 1. The summed E-state index contributed by atoms with van der Waals surface area (Å²) in [7, 11) is 0. The molecule has 1 aromatic carbocycles. The van der Waals surface area contributed by atoms with Crippen LogP contribution in [0.25, 0.3) is 16.8 Å². The number of piperidine rings is 1. The molecule has 2 atom stereocenters. The zero-order chi connectivity index (χ0) is 21.2. The number of aryl methyl sites for hydroxylation is 1. The topological polar surface area (TPSA) is 66.5 Å². The summed E-state index contributed by atoms with van der Waals surface area (Å²) in [6, 6.07) is 16.4. The summed E-state index contributed by atoms with van der Waals surface area (Å²) < 4.78 is 2.02. The number of pyridine rings is 1. The van der Waals surface area contributed by atoms with E-state index in [1.165, 1.54) is 11.3 Å². The van der Waals surface area contributed by atoms with Crippen molar-refractivity contribution in [2.75, 3.05) is 19.7 Å². The second-order valence-corrected chi connectivity index (χ2v) is 8.24. The van der Waals surface area contributed by atoms with E-state index < -0.39 is 0 Å². The lowest BCUT2D eigenvalue weighted by Crippen LogP contribution is -2.39. The Balaban J connectivity index is 1.50. The molecule has 1 aliphatic rings. The summed E-state index contributed by atoms with van der Waals surface area (Å²) in [4.78, 5) is 11.2. The maximum Gasteiger partial charge on any atom is 0.163 e. The van der Waals surface area contributed by atoms with Crippen LogP contribution < -0.4 is 0 Å². The van der Waals surface area contributed by atoms with Gasteiger partial charge >= 0.3 is 0 Å². The van der Waals surface area contributed by atoms with Gasteiger partial charge in [0.15, 0.2) is 5.65 Å². The molecule has 0 saturated carbocycles. The van der Waals surface area contributed by atoms with Crippen LogP contribution in [0, 0.1) is 6.92 Å². The lowest BCUT2D eigenvalue weighted by Gasteiger charge is -2.38. The van der Waals surface area contributed by atoms with Crippen LogP contribution in [-0.2, 0) is 0 Å². The van der Waals surface area contributed by atoms with Gasteiger partial charge in [-0.1, -0.05) is 30.3 Å². The number of hydrogen-bond donors (Lipinski definition) is 1. The molecular weight excluding hydrogens is 386 g/mol. The highest BCUT2D eigenvalue weighted by Gasteiger charge is 2.29. The van der Waals surface area contributed by atoms with Crippen molar-refractivity contribution in [3.8, 4) is 11.1 Å². The van der Waals surface area contributed by atoms with Gasteiger partial charge in [-0.15, -0.1) is 0 Å². The van der Waals surface area contributed by atoms with Crippen molar-refractivity contribution in [3.05, 3.63) is 84.1 Å². The van der Waals surface area contributed by atoms with Gasteiger partial charge in [0, 0.05) is 36.6 Å². The van der Waals surface area contributed by atoms with E-state index in [-0.39, 0.29) is 12.6 Å². The van der Waals surface area contributed by atoms with Gasteiger partial charge in [-0.25, -0.2) is 9.50 Å². The predicted molar refractivity (Wildman–Crippen MR) is 121 cm³/mol. The SMILES string of the molecule is Cc1nn2c([C@H]3CCCN(C(CO)c4ccccc4)C3)ccnc2c1-c1ccncc1. The molecule has 4 aromatic rings. The van der Waals surface area contributed by atoms with Gasteiger partial charge in [-0.3, -0.25) is 9.88 Å². The first kappa shape index (κ1) is 19.8. The van der Waals surface area contributed by atoms with Gasteiger partial charge in [-0.2, -0.15) is 5.10 Å². The Morgan fingerprint density at radius 1 is 1.06 bits per heavy atom. The molecule has 0 bridgehead atoms. The van der Waals surface area contributed by atoms with Crippen LogP contribution in [-0.4, -0.2) is 49.3 Å². The Morgan fingerprint density at radius 3 is 2.65 bits per heavy atom. The third-order valence-corrected chi connectivity index (χ3v) is 6.36. The summed E-state index contributed by atoms with van der Waals surface area (Å²) in [5.41, 5.74) is 6.36. The molecule has 1 unspecified atom stereocenters. The molecule has 158 valence electrons. The average Bonchev–Trinajstić information content (AvgIpc) is 3.17. The van der Waals surface area contributed by atoms with Crippen LogP contribution >= 0.6 is 0 Å². The molecule has 6 nitrogen and oxygen atoms in total. The molecule has 0 radical (unpaired) electrons. The molecule has 1 aliphatic heterocycles. The van der Waals surface area contributed by atoms with Gasteiger partial charge in [0.05, 0.1) is 24.0 Å².